The summed E-state index contributed by atoms with van der Waals surface area (Å²) in [5.41, 5.74) is 4.88. The molecule has 0 saturated carbocycles. The van der Waals surface area contributed by atoms with Gasteiger partial charge in [0.25, 0.3) is 0 Å². The van der Waals surface area contributed by atoms with Crippen LogP contribution in [-0.4, -0.2) is 5.60 Å². The molecule has 1 heterocycles. The molecular formula is C17H17BrO. The van der Waals surface area contributed by atoms with Crippen molar-refractivity contribution in [2.24, 2.45) is 0 Å². The fourth-order valence-corrected chi connectivity index (χ4v) is 3.19. The zero-order chi connectivity index (χ0) is 13.6. The van der Waals surface area contributed by atoms with Gasteiger partial charge in [-0.25, -0.2) is 0 Å². The van der Waals surface area contributed by atoms with Gasteiger partial charge in [0.05, 0.1) is 0 Å². The predicted octanol–water partition coefficient (Wildman–Crippen LogP) is 5.14. The van der Waals surface area contributed by atoms with Crippen molar-refractivity contribution in [1.82, 2.24) is 0 Å². The number of aryl methyl sites for hydroxylation is 1. The van der Waals surface area contributed by atoms with E-state index < -0.39 is 0 Å². The van der Waals surface area contributed by atoms with Crippen molar-refractivity contribution in [2.75, 3.05) is 0 Å². The van der Waals surface area contributed by atoms with Gasteiger partial charge in [-0.05, 0) is 49.6 Å². The van der Waals surface area contributed by atoms with E-state index >= 15 is 0 Å². The molecule has 0 atom stereocenters. The number of fused-ring (bicyclic) bond motifs is 1. The first kappa shape index (κ1) is 12.7. The zero-order valence-electron chi connectivity index (χ0n) is 11.5. The maximum absolute atomic E-state index is 6.01. The van der Waals surface area contributed by atoms with Crippen LogP contribution in [0.2, 0.25) is 0 Å². The van der Waals surface area contributed by atoms with Crippen LogP contribution in [0.25, 0.3) is 11.1 Å². The van der Waals surface area contributed by atoms with Crippen LogP contribution in [0.4, 0.5) is 0 Å². The Balaban J connectivity index is 2.07. The summed E-state index contributed by atoms with van der Waals surface area (Å²) < 4.78 is 7.15. The van der Waals surface area contributed by atoms with Crippen LogP contribution in [0.5, 0.6) is 5.75 Å². The van der Waals surface area contributed by atoms with Gasteiger partial charge in [0.15, 0.2) is 0 Å². The summed E-state index contributed by atoms with van der Waals surface area (Å²) in [6.45, 7) is 6.37. The van der Waals surface area contributed by atoms with Crippen molar-refractivity contribution in [1.29, 1.82) is 0 Å². The van der Waals surface area contributed by atoms with Gasteiger partial charge in [-0.3, -0.25) is 0 Å². The molecule has 0 saturated heterocycles. The van der Waals surface area contributed by atoms with Crippen LogP contribution >= 0.6 is 15.9 Å². The number of benzene rings is 2. The summed E-state index contributed by atoms with van der Waals surface area (Å²) in [6.07, 6.45) is 0.967. The highest BCUT2D eigenvalue weighted by molar-refractivity contribution is 9.10. The first-order valence-corrected chi connectivity index (χ1v) is 7.32. The average Bonchev–Trinajstić information content (AvgIpc) is 2.62. The average molecular weight is 317 g/mol. The maximum atomic E-state index is 6.01. The van der Waals surface area contributed by atoms with Crippen molar-refractivity contribution >= 4 is 15.9 Å². The molecule has 0 bridgehead atoms. The SMILES string of the molecule is Cc1ccc(-c2cc3c(cc2Br)CC(C)(C)O3)cc1. The predicted molar refractivity (Wildman–Crippen MR) is 82.7 cm³/mol. The van der Waals surface area contributed by atoms with Crippen LogP contribution in [-0.2, 0) is 6.42 Å². The van der Waals surface area contributed by atoms with E-state index in [1.54, 1.807) is 0 Å². The Morgan fingerprint density at radius 1 is 1.11 bits per heavy atom. The quantitative estimate of drug-likeness (QED) is 0.708. The zero-order valence-corrected chi connectivity index (χ0v) is 13.0. The highest BCUT2D eigenvalue weighted by Crippen LogP contribution is 2.41. The smallest absolute Gasteiger partial charge is 0.124 e. The van der Waals surface area contributed by atoms with Crippen molar-refractivity contribution in [3.63, 3.8) is 0 Å². The van der Waals surface area contributed by atoms with Crippen LogP contribution in [0, 0.1) is 6.92 Å². The maximum Gasteiger partial charge on any atom is 0.124 e. The number of hydrogen-bond donors (Lipinski definition) is 0. The van der Waals surface area contributed by atoms with Gasteiger partial charge >= 0.3 is 0 Å². The first-order chi connectivity index (χ1) is 8.94. The molecule has 98 valence electrons. The lowest BCUT2D eigenvalue weighted by Gasteiger charge is -2.17. The van der Waals surface area contributed by atoms with Gasteiger partial charge < -0.3 is 4.74 Å². The molecule has 1 aliphatic heterocycles. The van der Waals surface area contributed by atoms with Gasteiger partial charge in [-0.15, -0.1) is 0 Å². The molecule has 2 aromatic rings. The van der Waals surface area contributed by atoms with Crippen molar-refractivity contribution in [3.8, 4) is 16.9 Å². The normalized spacial score (nSPS) is 16.0. The van der Waals surface area contributed by atoms with Gasteiger partial charge in [-0.2, -0.15) is 0 Å². The Hall–Kier alpha value is -1.28. The molecule has 2 aromatic carbocycles. The molecule has 2 heteroatoms. The topological polar surface area (TPSA) is 9.23 Å². The van der Waals surface area contributed by atoms with E-state index in [1.807, 2.05) is 0 Å². The molecule has 0 fully saturated rings. The molecule has 0 unspecified atom stereocenters. The van der Waals surface area contributed by atoms with Crippen LogP contribution in [0.3, 0.4) is 0 Å². The van der Waals surface area contributed by atoms with Gasteiger partial charge in [-0.1, -0.05) is 45.8 Å². The van der Waals surface area contributed by atoms with Crippen LogP contribution in [0.1, 0.15) is 25.0 Å². The third kappa shape index (κ3) is 2.42. The van der Waals surface area contributed by atoms with Gasteiger partial charge in [0.2, 0.25) is 0 Å². The molecular weight excluding hydrogens is 300 g/mol. The number of ether oxygens (including phenoxy) is 1. The van der Waals surface area contributed by atoms with Gasteiger partial charge in [0.1, 0.15) is 11.4 Å². The van der Waals surface area contributed by atoms with Crippen molar-refractivity contribution in [2.45, 2.75) is 32.8 Å². The molecule has 1 nitrogen and oxygen atoms in total. The van der Waals surface area contributed by atoms with Crippen LogP contribution in [0.15, 0.2) is 40.9 Å². The van der Waals surface area contributed by atoms with Crippen molar-refractivity contribution in [3.05, 3.63) is 52.0 Å². The highest BCUT2D eigenvalue weighted by atomic mass is 79.9. The van der Waals surface area contributed by atoms with Crippen LogP contribution < -0.4 is 4.74 Å². The lowest BCUT2D eigenvalue weighted by molar-refractivity contribution is 0.138. The second kappa shape index (κ2) is 4.38. The van der Waals surface area contributed by atoms with E-state index in [0.717, 1.165) is 16.6 Å². The van der Waals surface area contributed by atoms with E-state index in [9.17, 15) is 0 Å². The molecule has 1 aliphatic rings. The summed E-state index contributed by atoms with van der Waals surface area (Å²) in [4.78, 5) is 0. The number of hydrogen-bond acceptors (Lipinski definition) is 1. The lowest BCUT2D eigenvalue weighted by Crippen LogP contribution is -2.24. The standard InChI is InChI=1S/C17H17BrO/c1-11-4-6-12(7-5-11)14-9-16-13(8-15(14)18)10-17(2,3)19-16/h4-9H,10H2,1-3H3. The Labute approximate surface area is 122 Å². The molecule has 0 aliphatic carbocycles. The number of halogens is 1. The molecule has 0 aromatic heterocycles. The summed E-state index contributed by atoms with van der Waals surface area (Å²) in [7, 11) is 0. The Bertz CT molecular complexity index is 626. The Kier molecular flexibility index (Phi) is 2.94. The lowest BCUT2D eigenvalue weighted by atomic mass is 9.98. The molecule has 0 amide bonds. The summed E-state index contributed by atoms with van der Waals surface area (Å²) >= 11 is 3.69. The van der Waals surface area contributed by atoms with E-state index in [4.69, 9.17) is 4.74 Å². The molecule has 0 N–H and O–H groups in total. The Morgan fingerprint density at radius 2 is 1.79 bits per heavy atom. The third-order valence-corrected chi connectivity index (χ3v) is 4.17. The third-order valence-electron chi connectivity index (χ3n) is 3.52. The first-order valence-electron chi connectivity index (χ1n) is 6.53. The summed E-state index contributed by atoms with van der Waals surface area (Å²) in [5, 5.41) is 0. The largest absolute Gasteiger partial charge is 0.487 e. The minimum absolute atomic E-state index is 0.0896. The second-order valence-electron chi connectivity index (χ2n) is 5.84. The van der Waals surface area contributed by atoms with Crippen molar-refractivity contribution < 1.29 is 4.74 Å². The fraction of sp³-hybridized carbons (Fsp3) is 0.294. The monoisotopic (exact) mass is 316 g/mol. The van der Waals surface area contributed by atoms with E-state index in [2.05, 4.69) is 73.1 Å². The molecule has 0 radical (unpaired) electrons. The Morgan fingerprint density at radius 3 is 2.47 bits per heavy atom. The minimum atomic E-state index is -0.0896. The van der Waals surface area contributed by atoms with E-state index in [1.165, 1.54) is 22.3 Å². The fourth-order valence-electron chi connectivity index (χ4n) is 2.57. The van der Waals surface area contributed by atoms with E-state index in [0.29, 0.717) is 0 Å². The highest BCUT2D eigenvalue weighted by Gasteiger charge is 2.30. The second-order valence-corrected chi connectivity index (χ2v) is 6.70. The number of rotatable bonds is 1. The van der Waals surface area contributed by atoms with Gasteiger partial charge in [0, 0.05) is 10.9 Å². The molecule has 3 rings (SSSR count). The summed E-state index contributed by atoms with van der Waals surface area (Å²) in [5.74, 6) is 1.02. The minimum Gasteiger partial charge on any atom is -0.487 e. The summed E-state index contributed by atoms with van der Waals surface area (Å²) in [6, 6.07) is 12.9. The molecule has 0 spiro atoms. The molecule has 19 heavy (non-hydrogen) atoms. The van der Waals surface area contributed by atoms with E-state index in [-0.39, 0.29) is 5.60 Å².